The van der Waals surface area contributed by atoms with Crippen LogP contribution in [0, 0.1) is 0 Å². The predicted octanol–water partition coefficient (Wildman–Crippen LogP) is 1.02. The number of hydrogen-bond acceptors (Lipinski definition) is 4. The van der Waals surface area contributed by atoms with Crippen molar-refractivity contribution in [1.29, 1.82) is 0 Å². The normalized spacial score (nSPS) is 17.8. The fourth-order valence-electron chi connectivity index (χ4n) is 2.09. The fourth-order valence-corrected chi connectivity index (χ4v) is 3.72. The Labute approximate surface area is 145 Å². The lowest BCUT2D eigenvalue weighted by Crippen LogP contribution is -2.38. The predicted molar refractivity (Wildman–Crippen MR) is 90.6 cm³/mol. The molecular weight excluding hydrogens is 394 g/mol. The average molecular weight is 413 g/mol. The van der Waals surface area contributed by atoms with Gasteiger partial charge in [0, 0.05) is 30.0 Å². The van der Waals surface area contributed by atoms with E-state index in [1.807, 2.05) is 0 Å². The lowest BCUT2D eigenvalue weighted by molar-refractivity contribution is -0.121. The molecule has 1 amide bonds. The molecule has 1 heterocycles. The minimum Gasteiger partial charge on any atom is -0.352 e. The number of sulfonamides is 1. The highest BCUT2D eigenvalue weighted by molar-refractivity contribution is 9.10. The summed E-state index contributed by atoms with van der Waals surface area (Å²) in [5.74, 6) is -0.138. The second kappa shape index (κ2) is 8.83. The van der Waals surface area contributed by atoms with Gasteiger partial charge in [0.15, 0.2) is 0 Å². The summed E-state index contributed by atoms with van der Waals surface area (Å²) in [6.45, 7) is 1.76. The number of rotatable bonds is 6. The Morgan fingerprint density at radius 1 is 1.41 bits per heavy atom. The van der Waals surface area contributed by atoms with Crippen LogP contribution in [0.4, 0.5) is 0 Å². The van der Waals surface area contributed by atoms with Gasteiger partial charge in [-0.15, -0.1) is 12.4 Å². The van der Waals surface area contributed by atoms with Gasteiger partial charge >= 0.3 is 0 Å². The number of halogens is 2. The molecule has 0 saturated carbocycles. The Morgan fingerprint density at radius 3 is 2.82 bits per heavy atom. The van der Waals surface area contributed by atoms with E-state index in [-0.39, 0.29) is 42.2 Å². The summed E-state index contributed by atoms with van der Waals surface area (Å²) in [7, 11) is -3.58. The number of hydrogen-bond donors (Lipinski definition) is 3. The van der Waals surface area contributed by atoms with Gasteiger partial charge in [0.05, 0.1) is 4.90 Å². The zero-order valence-electron chi connectivity index (χ0n) is 11.8. The van der Waals surface area contributed by atoms with Crippen molar-refractivity contribution in [3.8, 4) is 0 Å². The summed E-state index contributed by atoms with van der Waals surface area (Å²) in [5.41, 5.74) is 0. The van der Waals surface area contributed by atoms with E-state index in [9.17, 15) is 13.2 Å². The first-order valence-corrected chi connectivity index (χ1v) is 9.00. The Kier molecular flexibility index (Phi) is 7.78. The number of carbonyl (C=O) groups excluding carboxylic acids is 1. The monoisotopic (exact) mass is 411 g/mol. The summed E-state index contributed by atoms with van der Waals surface area (Å²) in [6.07, 6.45) is 1.04. The minimum atomic E-state index is -3.58. The molecule has 1 aromatic rings. The number of nitrogens with one attached hydrogen (secondary N) is 3. The summed E-state index contributed by atoms with van der Waals surface area (Å²) >= 11 is 3.23. The zero-order chi connectivity index (χ0) is 15.3. The zero-order valence-corrected chi connectivity index (χ0v) is 15.1. The molecule has 22 heavy (non-hydrogen) atoms. The second-order valence-corrected chi connectivity index (χ2v) is 7.55. The van der Waals surface area contributed by atoms with E-state index in [0.29, 0.717) is 4.47 Å². The van der Waals surface area contributed by atoms with Crippen molar-refractivity contribution in [1.82, 2.24) is 15.4 Å². The summed E-state index contributed by atoms with van der Waals surface area (Å²) in [4.78, 5) is 11.9. The Balaban J connectivity index is 0.00000242. The molecule has 0 aliphatic carbocycles. The molecule has 3 N–H and O–H groups in total. The summed E-state index contributed by atoms with van der Waals surface area (Å²) in [5, 5.41) is 6.02. The molecular formula is C13H19BrClN3O3S. The third kappa shape index (κ3) is 5.85. The molecule has 1 saturated heterocycles. The van der Waals surface area contributed by atoms with Crippen LogP contribution in [0.25, 0.3) is 0 Å². The SMILES string of the molecule is Cl.O=C(CCNS(=O)(=O)c1cccc(Br)c1)NC1CCNC1. The number of benzene rings is 1. The van der Waals surface area contributed by atoms with Crippen LogP contribution in [0.15, 0.2) is 33.6 Å². The highest BCUT2D eigenvalue weighted by Crippen LogP contribution is 2.15. The maximum absolute atomic E-state index is 12.0. The summed E-state index contributed by atoms with van der Waals surface area (Å²) in [6, 6.07) is 6.59. The molecule has 9 heteroatoms. The molecule has 1 aromatic carbocycles. The maximum atomic E-state index is 12.0. The van der Waals surface area contributed by atoms with E-state index in [4.69, 9.17) is 0 Å². The van der Waals surface area contributed by atoms with Crippen molar-refractivity contribution in [2.75, 3.05) is 19.6 Å². The van der Waals surface area contributed by atoms with E-state index < -0.39 is 10.0 Å². The Morgan fingerprint density at radius 2 is 2.18 bits per heavy atom. The van der Waals surface area contributed by atoms with Gasteiger partial charge in [-0.1, -0.05) is 22.0 Å². The van der Waals surface area contributed by atoms with Crippen LogP contribution in [0.3, 0.4) is 0 Å². The van der Waals surface area contributed by atoms with Crippen LogP contribution in [-0.4, -0.2) is 40.0 Å². The lowest BCUT2D eigenvalue weighted by atomic mass is 10.2. The first-order chi connectivity index (χ1) is 9.97. The van der Waals surface area contributed by atoms with E-state index in [0.717, 1.165) is 19.5 Å². The molecule has 1 aliphatic heterocycles. The van der Waals surface area contributed by atoms with Crippen molar-refractivity contribution in [3.63, 3.8) is 0 Å². The molecule has 0 spiro atoms. The number of amides is 1. The molecule has 2 rings (SSSR count). The molecule has 1 atom stereocenters. The average Bonchev–Trinajstić information content (AvgIpc) is 2.91. The molecule has 0 radical (unpaired) electrons. The van der Waals surface area contributed by atoms with Gasteiger partial charge in [0.2, 0.25) is 15.9 Å². The van der Waals surface area contributed by atoms with Crippen LogP contribution in [-0.2, 0) is 14.8 Å². The third-order valence-corrected chi connectivity index (χ3v) is 5.13. The van der Waals surface area contributed by atoms with Crippen LogP contribution in [0.1, 0.15) is 12.8 Å². The van der Waals surface area contributed by atoms with Gasteiger partial charge in [-0.3, -0.25) is 4.79 Å². The van der Waals surface area contributed by atoms with Crippen molar-refractivity contribution in [2.24, 2.45) is 0 Å². The largest absolute Gasteiger partial charge is 0.352 e. The molecule has 0 aromatic heterocycles. The van der Waals surface area contributed by atoms with Crippen LogP contribution in [0.5, 0.6) is 0 Å². The smallest absolute Gasteiger partial charge is 0.240 e. The maximum Gasteiger partial charge on any atom is 0.240 e. The molecule has 6 nitrogen and oxygen atoms in total. The van der Waals surface area contributed by atoms with Crippen LogP contribution in [0.2, 0.25) is 0 Å². The van der Waals surface area contributed by atoms with Crippen LogP contribution < -0.4 is 15.4 Å². The molecule has 0 bridgehead atoms. The van der Waals surface area contributed by atoms with Gasteiger partial charge in [-0.05, 0) is 31.2 Å². The van der Waals surface area contributed by atoms with Gasteiger partial charge in [-0.25, -0.2) is 13.1 Å². The van der Waals surface area contributed by atoms with E-state index >= 15 is 0 Å². The highest BCUT2D eigenvalue weighted by Gasteiger charge is 2.18. The van der Waals surface area contributed by atoms with Crippen molar-refractivity contribution >= 4 is 44.3 Å². The van der Waals surface area contributed by atoms with Gasteiger partial charge in [0.1, 0.15) is 0 Å². The van der Waals surface area contributed by atoms with Crippen molar-refractivity contribution in [2.45, 2.75) is 23.8 Å². The quantitative estimate of drug-likeness (QED) is 0.651. The standard InChI is InChI=1S/C13H18BrN3O3S.ClH/c14-10-2-1-3-12(8-10)21(19,20)16-7-5-13(18)17-11-4-6-15-9-11;/h1-3,8,11,15-16H,4-7,9H2,(H,17,18);1H. The minimum absolute atomic E-state index is 0. The second-order valence-electron chi connectivity index (χ2n) is 4.86. The Bertz CT molecular complexity index is 606. The van der Waals surface area contributed by atoms with Crippen molar-refractivity contribution in [3.05, 3.63) is 28.7 Å². The first-order valence-electron chi connectivity index (χ1n) is 6.73. The first kappa shape index (κ1) is 19.4. The molecule has 124 valence electrons. The van der Waals surface area contributed by atoms with E-state index in [1.165, 1.54) is 12.1 Å². The van der Waals surface area contributed by atoms with Crippen molar-refractivity contribution < 1.29 is 13.2 Å². The molecule has 1 aliphatic rings. The van der Waals surface area contributed by atoms with E-state index in [1.54, 1.807) is 12.1 Å². The molecule has 1 unspecified atom stereocenters. The topological polar surface area (TPSA) is 87.3 Å². The Hall–Kier alpha value is -0.670. The molecule has 1 fully saturated rings. The third-order valence-electron chi connectivity index (χ3n) is 3.18. The lowest BCUT2D eigenvalue weighted by Gasteiger charge is -2.11. The number of carbonyl (C=O) groups is 1. The fraction of sp³-hybridized carbons (Fsp3) is 0.462. The van der Waals surface area contributed by atoms with Crippen LogP contribution >= 0.6 is 28.3 Å². The highest BCUT2D eigenvalue weighted by atomic mass is 79.9. The van der Waals surface area contributed by atoms with Gasteiger partial charge in [0.25, 0.3) is 0 Å². The summed E-state index contributed by atoms with van der Waals surface area (Å²) < 4.78 is 27.2. The van der Waals surface area contributed by atoms with Gasteiger partial charge in [-0.2, -0.15) is 0 Å². The van der Waals surface area contributed by atoms with E-state index in [2.05, 4.69) is 31.3 Å². The van der Waals surface area contributed by atoms with Gasteiger partial charge < -0.3 is 10.6 Å².